The Morgan fingerprint density at radius 3 is 3.08 bits per heavy atom. The molecule has 4 heteroatoms. The van der Waals surface area contributed by atoms with Crippen LogP contribution in [0.15, 0.2) is 24.5 Å². The smallest absolute Gasteiger partial charge is 0.181 e. The number of fused-ring (bicyclic) bond motifs is 1. The minimum absolute atomic E-state index is 0.781. The van der Waals surface area contributed by atoms with E-state index in [1.54, 1.807) is 13.3 Å². The molecule has 0 bridgehead atoms. The normalized spacial score (nSPS) is 10.3. The largest absolute Gasteiger partial charge is 0.493 e. The topological polar surface area (TPSA) is 38.6 Å². The highest BCUT2D eigenvalue weighted by Gasteiger charge is 2.04. The average Bonchev–Trinajstić information content (AvgIpc) is 2.60. The van der Waals surface area contributed by atoms with Gasteiger partial charge in [-0.2, -0.15) is 0 Å². The molecule has 0 amide bonds. The maximum Gasteiger partial charge on any atom is 0.181 e. The van der Waals surface area contributed by atoms with E-state index in [4.69, 9.17) is 4.74 Å². The molecule has 0 saturated heterocycles. The SMILES string of the molecule is CNc1cnc2c(OC)cccn12. The molecule has 0 fully saturated rings. The van der Waals surface area contributed by atoms with Crippen molar-refractivity contribution in [2.75, 3.05) is 19.5 Å². The second-order valence-corrected chi connectivity index (χ2v) is 2.66. The van der Waals surface area contributed by atoms with Gasteiger partial charge < -0.3 is 10.1 Å². The van der Waals surface area contributed by atoms with Crippen LogP contribution in [0.5, 0.6) is 5.75 Å². The molecule has 0 aliphatic heterocycles. The molecule has 2 heterocycles. The first-order valence-corrected chi connectivity index (χ1v) is 4.04. The van der Waals surface area contributed by atoms with Gasteiger partial charge in [0.05, 0.1) is 13.3 Å². The summed E-state index contributed by atoms with van der Waals surface area (Å²) in [6.45, 7) is 0. The standard InChI is InChI=1S/C9H11N3O/c1-10-8-6-11-9-7(13-2)4-3-5-12(8)9/h3-6,10H,1-2H3. The molecule has 0 aliphatic rings. The first kappa shape index (κ1) is 7.91. The van der Waals surface area contributed by atoms with Gasteiger partial charge in [0, 0.05) is 13.2 Å². The summed E-state index contributed by atoms with van der Waals surface area (Å²) in [5, 5.41) is 3.05. The van der Waals surface area contributed by atoms with Gasteiger partial charge in [-0.3, -0.25) is 4.40 Å². The molecule has 13 heavy (non-hydrogen) atoms. The molecule has 4 nitrogen and oxygen atoms in total. The van der Waals surface area contributed by atoms with Crippen LogP contribution in [0, 0.1) is 0 Å². The predicted octanol–water partition coefficient (Wildman–Crippen LogP) is 1.38. The van der Waals surface area contributed by atoms with Crippen LogP contribution in [0.2, 0.25) is 0 Å². The van der Waals surface area contributed by atoms with Crippen LogP contribution in [0.3, 0.4) is 0 Å². The predicted molar refractivity (Wildman–Crippen MR) is 51.3 cm³/mol. The minimum atomic E-state index is 0.781. The van der Waals surface area contributed by atoms with E-state index < -0.39 is 0 Å². The zero-order chi connectivity index (χ0) is 9.26. The highest BCUT2D eigenvalue weighted by Crippen LogP contribution is 2.20. The Balaban J connectivity index is 2.72. The Morgan fingerprint density at radius 1 is 1.54 bits per heavy atom. The van der Waals surface area contributed by atoms with Crippen LogP contribution in [0.1, 0.15) is 0 Å². The Labute approximate surface area is 76.2 Å². The summed E-state index contributed by atoms with van der Waals surface area (Å²) in [7, 11) is 3.51. The zero-order valence-corrected chi connectivity index (χ0v) is 7.61. The number of ether oxygens (including phenoxy) is 1. The van der Waals surface area contributed by atoms with E-state index >= 15 is 0 Å². The van der Waals surface area contributed by atoms with Gasteiger partial charge in [-0.1, -0.05) is 0 Å². The van der Waals surface area contributed by atoms with E-state index in [0.717, 1.165) is 17.2 Å². The van der Waals surface area contributed by atoms with E-state index in [0.29, 0.717) is 0 Å². The monoisotopic (exact) mass is 177 g/mol. The third-order valence-electron chi connectivity index (χ3n) is 1.98. The number of methoxy groups -OCH3 is 1. The number of hydrogen-bond acceptors (Lipinski definition) is 3. The third kappa shape index (κ3) is 1.11. The Bertz CT molecular complexity index is 422. The highest BCUT2D eigenvalue weighted by atomic mass is 16.5. The van der Waals surface area contributed by atoms with Crippen LogP contribution < -0.4 is 10.1 Å². The maximum atomic E-state index is 5.17. The van der Waals surface area contributed by atoms with Gasteiger partial charge in [0.2, 0.25) is 0 Å². The number of aromatic nitrogens is 2. The Kier molecular flexibility index (Phi) is 1.81. The van der Waals surface area contributed by atoms with Crippen molar-refractivity contribution in [3.05, 3.63) is 24.5 Å². The summed E-state index contributed by atoms with van der Waals surface area (Å²) < 4.78 is 7.12. The summed E-state index contributed by atoms with van der Waals surface area (Å²) in [6, 6.07) is 3.82. The second-order valence-electron chi connectivity index (χ2n) is 2.66. The lowest BCUT2D eigenvalue weighted by molar-refractivity contribution is 0.417. The van der Waals surface area contributed by atoms with Crippen LogP contribution >= 0.6 is 0 Å². The van der Waals surface area contributed by atoms with Gasteiger partial charge in [0.25, 0.3) is 0 Å². The van der Waals surface area contributed by atoms with E-state index in [2.05, 4.69) is 10.3 Å². The van der Waals surface area contributed by atoms with E-state index in [1.807, 2.05) is 29.8 Å². The number of anilines is 1. The molecule has 0 aliphatic carbocycles. The summed E-state index contributed by atoms with van der Waals surface area (Å²) in [5.41, 5.74) is 0.828. The lowest BCUT2D eigenvalue weighted by Crippen LogP contribution is -1.94. The molecule has 2 aromatic heterocycles. The van der Waals surface area contributed by atoms with Crippen molar-refractivity contribution in [3.63, 3.8) is 0 Å². The molecule has 0 aromatic carbocycles. The molecule has 0 atom stereocenters. The van der Waals surface area contributed by atoms with Crippen molar-refractivity contribution < 1.29 is 4.74 Å². The zero-order valence-electron chi connectivity index (χ0n) is 7.61. The first-order chi connectivity index (χ1) is 6.36. The molecular formula is C9H11N3O. The molecule has 0 unspecified atom stereocenters. The first-order valence-electron chi connectivity index (χ1n) is 4.04. The fourth-order valence-corrected chi connectivity index (χ4v) is 1.33. The molecule has 0 saturated carbocycles. The molecule has 2 aromatic rings. The molecule has 0 spiro atoms. The number of nitrogens with zero attached hydrogens (tertiary/aromatic N) is 2. The summed E-state index contributed by atoms with van der Waals surface area (Å²) in [6.07, 6.45) is 3.72. The summed E-state index contributed by atoms with van der Waals surface area (Å²) in [5.74, 6) is 1.73. The van der Waals surface area contributed by atoms with E-state index in [1.165, 1.54) is 0 Å². The van der Waals surface area contributed by atoms with Gasteiger partial charge in [-0.25, -0.2) is 4.98 Å². The molecule has 0 radical (unpaired) electrons. The number of hydrogen-bond donors (Lipinski definition) is 1. The fraction of sp³-hybridized carbons (Fsp3) is 0.222. The third-order valence-corrected chi connectivity index (χ3v) is 1.98. The Morgan fingerprint density at radius 2 is 2.38 bits per heavy atom. The van der Waals surface area contributed by atoms with Crippen molar-refractivity contribution in [2.45, 2.75) is 0 Å². The maximum absolute atomic E-state index is 5.17. The molecular weight excluding hydrogens is 166 g/mol. The minimum Gasteiger partial charge on any atom is -0.493 e. The van der Waals surface area contributed by atoms with Crippen molar-refractivity contribution in [1.82, 2.24) is 9.38 Å². The quantitative estimate of drug-likeness (QED) is 0.753. The van der Waals surface area contributed by atoms with Gasteiger partial charge in [-0.05, 0) is 12.1 Å². The number of nitrogens with one attached hydrogen (secondary N) is 1. The fourth-order valence-electron chi connectivity index (χ4n) is 1.33. The molecule has 68 valence electrons. The van der Waals surface area contributed by atoms with Crippen molar-refractivity contribution in [1.29, 1.82) is 0 Å². The summed E-state index contributed by atoms with van der Waals surface area (Å²) >= 11 is 0. The molecule has 1 N–H and O–H groups in total. The lowest BCUT2D eigenvalue weighted by atomic mass is 10.4. The van der Waals surface area contributed by atoms with E-state index in [-0.39, 0.29) is 0 Å². The molecule has 2 rings (SSSR count). The van der Waals surface area contributed by atoms with Gasteiger partial charge in [-0.15, -0.1) is 0 Å². The van der Waals surface area contributed by atoms with Crippen LogP contribution in [-0.2, 0) is 0 Å². The average molecular weight is 177 g/mol. The number of rotatable bonds is 2. The summed E-state index contributed by atoms with van der Waals surface area (Å²) in [4.78, 5) is 4.24. The van der Waals surface area contributed by atoms with Crippen LogP contribution in [0.25, 0.3) is 5.65 Å². The van der Waals surface area contributed by atoms with Crippen molar-refractivity contribution >= 4 is 11.5 Å². The van der Waals surface area contributed by atoms with Gasteiger partial charge >= 0.3 is 0 Å². The van der Waals surface area contributed by atoms with E-state index in [9.17, 15) is 0 Å². The van der Waals surface area contributed by atoms with Crippen LogP contribution in [-0.4, -0.2) is 23.5 Å². The second kappa shape index (κ2) is 2.97. The van der Waals surface area contributed by atoms with Crippen molar-refractivity contribution in [2.24, 2.45) is 0 Å². The van der Waals surface area contributed by atoms with Gasteiger partial charge in [0.15, 0.2) is 11.4 Å². The number of pyridine rings is 1. The Hall–Kier alpha value is -1.71. The lowest BCUT2D eigenvalue weighted by Gasteiger charge is -2.03. The van der Waals surface area contributed by atoms with Crippen LogP contribution in [0.4, 0.5) is 5.82 Å². The highest BCUT2D eigenvalue weighted by molar-refractivity contribution is 5.59. The van der Waals surface area contributed by atoms with Crippen molar-refractivity contribution in [3.8, 4) is 5.75 Å². The number of imidazole rings is 1. The van der Waals surface area contributed by atoms with Gasteiger partial charge in [0.1, 0.15) is 5.82 Å².